The van der Waals surface area contributed by atoms with Crippen LogP contribution in [-0.2, 0) is 16.0 Å². The fourth-order valence-electron chi connectivity index (χ4n) is 2.09. The Kier molecular flexibility index (Phi) is 5.33. The minimum atomic E-state index is -0.549. The molecule has 0 saturated heterocycles. The van der Waals surface area contributed by atoms with Gasteiger partial charge in [-0.3, -0.25) is 4.79 Å². The molecular formula is C17H19NO2. The number of hydrogen-bond donors (Lipinski definition) is 1. The molecule has 104 valence electrons. The number of carbonyl (C=O) groups is 1. The maximum Gasteiger partial charge on any atom is 0.253 e. The van der Waals surface area contributed by atoms with Crippen molar-refractivity contribution in [1.29, 1.82) is 0 Å². The third-order valence-corrected chi connectivity index (χ3v) is 3.13. The summed E-state index contributed by atoms with van der Waals surface area (Å²) in [5, 5.41) is 2.92. The Balaban J connectivity index is 1.87. The number of ether oxygens (including phenoxy) is 1. The van der Waals surface area contributed by atoms with Gasteiger partial charge in [-0.2, -0.15) is 0 Å². The van der Waals surface area contributed by atoms with Gasteiger partial charge in [0.1, 0.15) is 0 Å². The van der Waals surface area contributed by atoms with Crippen molar-refractivity contribution in [2.75, 3.05) is 13.7 Å². The second-order valence-electron chi connectivity index (χ2n) is 4.55. The second-order valence-corrected chi connectivity index (χ2v) is 4.55. The van der Waals surface area contributed by atoms with E-state index in [2.05, 4.69) is 17.4 Å². The van der Waals surface area contributed by atoms with Gasteiger partial charge in [-0.05, 0) is 17.5 Å². The molecule has 0 aliphatic carbocycles. The average Bonchev–Trinajstić information content (AvgIpc) is 2.50. The van der Waals surface area contributed by atoms with Crippen molar-refractivity contribution < 1.29 is 9.53 Å². The zero-order valence-corrected chi connectivity index (χ0v) is 11.6. The van der Waals surface area contributed by atoms with Gasteiger partial charge in [0.05, 0.1) is 0 Å². The molecule has 0 radical (unpaired) electrons. The number of benzene rings is 2. The zero-order valence-electron chi connectivity index (χ0n) is 11.6. The van der Waals surface area contributed by atoms with Crippen molar-refractivity contribution in [1.82, 2.24) is 5.32 Å². The van der Waals surface area contributed by atoms with Crippen LogP contribution in [0.1, 0.15) is 17.2 Å². The van der Waals surface area contributed by atoms with Crippen molar-refractivity contribution in [2.24, 2.45) is 0 Å². The van der Waals surface area contributed by atoms with E-state index in [-0.39, 0.29) is 5.91 Å². The summed E-state index contributed by atoms with van der Waals surface area (Å²) in [6.07, 6.45) is 0.268. The van der Waals surface area contributed by atoms with Crippen molar-refractivity contribution >= 4 is 5.91 Å². The maximum atomic E-state index is 12.1. The Hall–Kier alpha value is -2.13. The summed E-state index contributed by atoms with van der Waals surface area (Å²) < 4.78 is 5.29. The first-order valence-electron chi connectivity index (χ1n) is 6.70. The van der Waals surface area contributed by atoms with Crippen LogP contribution in [-0.4, -0.2) is 19.6 Å². The normalized spacial score (nSPS) is 11.8. The van der Waals surface area contributed by atoms with Crippen LogP contribution < -0.4 is 5.32 Å². The van der Waals surface area contributed by atoms with E-state index >= 15 is 0 Å². The Morgan fingerprint density at radius 3 is 2.25 bits per heavy atom. The van der Waals surface area contributed by atoms with Gasteiger partial charge in [0.25, 0.3) is 5.91 Å². The summed E-state index contributed by atoms with van der Waals surface area (Å²) in [7, 11) is 1.55. The molecule has 20 heavy (non-hydrogen) atoms. The SMILES string of the molecule is COC(C(=O)NCCc1ccccc1)c1ccccc1. The van der Waals surface area contributed by atoms with E-state index in [0.717, 1.165) is 12.0 Å². The van der Waals surface area contributed by atoms with Gasteiger partial charge in [-0.1, -0.05) is 60.7 Å². The molecule has 0 aromatic heterocycles. The van der Waals surface area contributed by atoms with Crippen molar-refractivity contribution in [3.63, 3.8) is 0 Å². The summed E-state index contributed by atoms with van der Waals surface area (Å²) in [6.45, 7) is 0.607. The quantitative estimate of drug-likeness (QED) is 0.875. The third-order valence-electron chi connectivity index (χ3n) is 3.13. The number of methoxy groups -OCH3 is 1. The predicted molar refractivity (Wildman–Crippen MR) is 79.3 cm³/mol. The molecule has 1 amide bonds. The summed E-state index contributed by atoms with van der Waals surface area (Å²) in [6, 6.07) is 19.6. The molecule has 0 aliphatic heterocycles. The van der Waals surface area contributed by atoms with Crippen LogP contribution in [0, 0.1) is 0 Å². The van der Waals surface area contributed by atoms with Gasteiger partial charge in [0, 0.05) is 13.7 Å². The topological polar surface area (TPSA) is 38.3 Å². The fourth-order valence-corrected chi connectivity index (χ4v) is 2.09. The van der Waals surface area contributed by atoms with E-state index in [4.69, 9.17) is 4.74 Å². The molecule has 0 saturated carbocycles. The molecule has 0 aliphatic rings. The monoisotopic (exact) mass is 269 g/mol. The van der Waals surface area contributed by atoms with Crippen LogP contribution in [0.15, 0.2) is 60.7 Å². The molecule has 0 spiro atoms. The van der Waals surface area contributed by atoms with Crippen molar-refractivity contribution in [3.05, 3.63) is 71.8 Å². The van der Waals surface area contributed by atoms with Crippen LogP contribution in [0.2, 0.25) is 0 Å². The summed E-state index contributed by atoms with van der Waals surface area (Å²) in [5.41, 5.74) is 2.08. The van der Waals surface area contributed by atoms with E-state index in [1.807, 2.05) is 48.5 Å². The number of amides is 1. The highest BCUT2D eigenvalue weighted by Crippen LogP contribution is 2.16. The minimum Gasteiger partial charge on any atom is -0.367 e. The maximum absolute atomic E-state index is 12.1. The Bertz CT molecular complexity index is 525. The molecule has 1 N–H and O–H groups in total. The molecule has 2 aromatic rings. The minimum absolute atomic E-state index is 0.102. The molecule has 3 heteroatoms. The Labute approximate surface area is 119 Å². The van der Waals surface area contributed by atoms with Gasteiger partial charge < -0.3 is 10.1 Å². The lowest BCUT2D eigenvalue weighted by molar-refractivity contribution is -0.131. The molecule has 0 bridgehead atoms. The van der Waals surface area contributed by atoms with Gasteiger partial charge in [0.15, 0.2) is 6.10 Å². The lowest BCUT2D eigenvalue weighted by Gasteiger charge is -2.15. The molecule has 3 nitrogen and oxygen atoms in total. The second kappa shape index (κ2) is 7.46. The van der Waals surface area contributed by atoms with Gasteiger partial charge in [0.2, 0.25) is 0 Å². The number of hydrogen-bond acceptors (Lipinski definition) is 2. The Morgan fingerprint density at radius 1 is 1.05 bits per heavy atom. The van der Waals surface area contributed by atoms with Crippen molar-refractivity contribution in [2.45, 2.75) is 12.5 Å². The van der Waals surface area contributed by atoms with Crippen LogP contribution in [0.4, 0.5) is 0 Å². The highest BCUT2D eigenvalue weighted by molar-refractivity contribution is 5.82. The van der Waals surface area contributed by atoms with Crippen LogP contribution in [0.3, 0.4) is 0 Å². The van der Waals surface area contributed by atoms with Crippen molar-refractivity contribution in [3.8, 4) is 0 Å². The molecule has 2 rings (SSSR count). The van der Waals surface area contributed by atoms with Gasteiger partial charge in [-0.25, -0.2) is 0 Å². The summed E-state index contributed by atoms with van der Waals surface area (Å²) >= 11 is 0. The third kappa shape index (κ3) is 3.93. The van der Waals surface area contributed by atoms with E-state index in [9.17, 15) is 4.79 Å². The zero-order chi connectivity index (χ0) is 14.2. The molecule has 2 aromatic carbocycles. The lowest BCUT2D eigenvalue weighted by Crippen LogP contribution is -2.31. The van der Waals surface area contributed by atoms with Crippen LogP contribution in [0.25, 0.3) is 0 Å². The summed E-state index contributed by atoms with van der Waals surface area (Å²) in [5.74, 6) is -0.102. The highest BCUT2D eigenvalue weighted by atomic mass is 16.5. The predicted octanol–water partition coefficient (Wildman–Crippen LogP) is 2.73. The smallest absolute Gasteiger partial charge is 0.253 e. The molecule has 1 atom stereocenters. The Morgan fingerprint density at radius 2 is 1.65 bits per heavy atom. The average molecular weight is 269 g/mol. The molecule has 0 heterocycles. The largest absolute Gasteiger partial charge is 0.367 e. The molecular weight excluding hydrogens is 250 g/mol. The van der Waals surface area contributed by atoms with E-state index in [1.54, 1.807) is 7.11 Å². The van der Waals surface area contributed by atoms with Gasteiger partial charge >= 0.3 is 0 Å². The first-order chi connectivity index (χ1) is 9.81. The first-order valence-corrected chi connectivity index (χ1v) is 6.70. The van der Waals surface area contributed by atoms with Gasteiger partial charge in [-0.15, -0.1) is 0 Å². The molecule has 1 unspecified atom stereocenters. The fraction of sp³-hybridized carbons (Fsp3) is 0.235. The number of nitrogens with one attached hydrogen (secondary N) is 1. The van der Waals surface area contributed by atoms with Crippen LogP contribution >= 0.6 is 0 Å². The standard InChI is InChI=1S/C17H19NO2/c1-20-16(15-10-6-3-7-11-15)17(19)18-13-12-14-8-4-2-5-9-14/h2-11,16H,12-13H2,1H3,(H,18,19). The lowest BCUT2D eigenvalue weighted by atomic mass is 10.1. The van der Waals surface area contributed by atoms with E-state index < -0.39 is 6.10 Å². The number of carbonyl (C=O) groups excluding carboxylic acids is 1. The first kappa shape index (κ1) is 14.3. The van der Waals surface area contributed by atoms with E-state index in [0.29, 0.717) is 6.54 Å². The molecule has 0 fully saturated rings. The van der Waals surface area contributed by atoms with Crippen LogP contribution in [0.5, 0.6) is 0 Å². The highest BCUT2D eigenvalue weighted by Gasteiger charge is 2.18. The van der Waals surface area contributed by atoms with E-state index in [1.165, 1.54) is 5.56 Å². The summed E-state index contributed by atoms with van der Waals surface area (Å²) in [4.78, 5) is 12.1. The number of rotatable bonds is 6.